The zero-order valence-electron chi connectivity index (χ0n) is 13.7. The number of hydrogen-bond donors (Lipinski definition) is 0. The zero-order chi connectivity index (χ0) is 16.4. The standard InChI is InChI=1S/C17H21N3O3S/c1-20-8-4-5-12(9-20)11-24-17-19-18-16(23-17)15-10-21-13-6-2-3-7-14(13)22-15/h2-3,6-7,12,15H,4-5,8-11H2,1H3/t12-,15+/m1/s1. The quantitative estimate of drug-likeness (QED) is 0.788. The number of piperidine rings is 1. The molecule has 7 heteroatoms. The molecule has 0 saturated carbocycles. The number of benzene rings is 1. The summed E-state index contributed by atoms with van der Waals surface area (Å²) in [6.45, 7) is 2.73. The number of ether oxygens (including phenoxy) is 2. The predicted molar refractivity (Wildman–Crippen MR) is 90.5 cm³/mol. The van der Waals surface area contributed by atoms with Crippen LogP contribution in [0.25, 0.3) is 0 Å². The second-order valence-electron chi connectivity index (χ2n) is 6.35. The summed E-state index contributed by atoms with van der Waals surface area (Å²) >= 11 is 1.64. The zero-order valence-corrected chi connectivity index (χ0v) is 14.5. The molecule has 0 bridgehead atoms. The lowest BCUT2D eigenvalue weighted by atomic mass is 10.0. The number of fused-ring (bicyclic) bond motifs is 1. The van der Waals surface area contributed by atoms with Crippen molar-refractivity contribution in [2.45, 2.75) is 24.2 Å². The molecule has 1 fully saturated rings. The van der Waals surface area contributed by atoms with Crippen molar-refractivity contribution < 1.29 is 13.9 Å². The van der Waals surface area contributed by atoms with Crippen LogP contribution in [0, 0.1) is 5.92 Å². The van der Waals surface area contributed by atoms with E-state index in [9.17, 15) is 0 Å². The van der Waals surface area contributed by atoms with E-state index < -0.39 is 0 Å². The first-order chi connectivity index (χ1) is 11.8. The molecule has 0 spiro atoms. The van der Waals surface area contributed by atoms with E-state index in [1.165, 1.54) is 19.4 Å². The maximum absolute atomic E-state index is 5.90. The summed E-state index contributed by atoms with van der Waals surface area (Å²) in [6, 6.07) is 7.61. The van der Waals surface area contributed by atoms with Gasteiger partial charge in [0.15, 0.2) is 11.5 Å². The molecule has 2 aromatic rings. The molecule has 0 amide bonds. The first-order valence-electron chi connectivity index (χ1n) is 8.31. The lowest BCUT2D eigenvalue weighted by Gasteiger charge is -2.28. The van der Waals surface area contributed by atoms with E-state index in [1.54, 1.807) is 11.8 Å². The van der Waals surface area contributed by atoms with Crippen LogP contribution in [-0.2, 0) is 0 Å². The van der Waals surface area contributed by atoms with E-state index in [0.29, 0.717) is 29.4 Å². The molecular formula is C17H21N3O3S. The van der Waals surface area contributed by atoms with E-state index in [4.69, 9.17) is 13.9 Å². The molecule has 0 radical (unpaired) electrons. The van der Waals surface area contributed by atoms with Crippen LogP contribution in [-0.4, -0.2) is 47.6 Å². The molecule has 2 aliphatic rings. The Morgan fingerprint density at radius 3 is 3.00 bits per heavy atom. The Balaban J connectivity index is 1.35. The van der Waals surface area contributed by atoms with Crippen molar-refractivity contribution in [1.29, 1.82) is 0 Å². The monoisotopic (exact) mass is 347 g/mol. The lowest BCUT2D eigenvalue weighted by Crippen LogP contribution is -2.33. The van der Waals surface area contributed by atoms with Gasteiger partial charge in [-0.25, -0.2) is 0 Å². The van der Waals surface area contributed by atoms with Crippen molar-refractivity contribution in [3.63, 3.8) is 0 Å². The molecule has 1 saturated heterocycles. The Bertz CT molecular complexity index is 693. The van der Waals surface area contributed by atoms with Gasteiger partial charge in [-0.1, -0.05) is 23.9 Å². The number of rotatable bonds is 4. The average Bonchev–Trinajstić information content (AvgIpc) is 3.09. The molecular weight excluding hydrogens is 326 g/mol. The minimum absolute atomic E-state index is 0.345. The Hall–Kier alpha value is -1.73. The Morgan fingerprint density at radius 1 is 1.25 bits per heavy atom. The van der Waals surface area contributed by atoms with Crippen LogP contribution in [0.3, 0.4) is 0 Å². The number of aromatic nitrogens is 2. The third kappa shape index (κ3) is 3.52. The molecule has 2 aliphatic heterocycles. The number of hydrogen-bond acceptors (Lipinski definition) is 7. The van der Waals surface area contributed by atoms with Crippen molar-refractivity contribution in [2.24, 2.45) is 5.92 Å². The van der Waals surface area contributed by atoms with Crippen LogP contribution in [0.2, 0.25) is 0 Å². The fourth-order valence-corrected chi connectivity index (χ4v) is 4.04. The molecule has 1 aromatic carbocycles. The molecule has 128 valence electrons. The van der Waals surface area contributed by atoms with Crippen LogP contribution in [0.4, 0.5) is 0 Å². The minimum Gasteiger partial charge on any atom is -0.485 e. The second-order valence-corrected chi connectivity index (χ2v) is 7.32. The van der Waals surface area contributed by atoms with Gasteiger partial charge in [-0.3, -0.25) is 0 Å². The topological polar surface area (TPSA) is 60.6 Å². The van der Waals surface area contributed by atoms with E-state index in [0.717, 1.165) is 18.0 Å². The van der Waals surface area contributed by atoms with E-state index >= 15 is 0 Å². The first-order valence-corrected chi connectivity index (χ1v) is 9.30. The van der Waals surface area contributed by atoms with Gasteiger partial charge in [0.05, 0.1) is 0 Å². The highest BCUT2D eigenvalue weighted by Gasteiger charge is 2.27. The maximum atomic E-state index is 5.90. The Labute approximate surface area is 145 Å². The minimum atomic E-state index is -0.345. The fourth-order valence-electron chi connectivity index (χ4n) is 3.15. The van der Waals surface area contributed by atoms with Crippen molar-refractivity contribution >= 4 is 11.8 Å². The SMILES string of the molecule is CN1CCC[C@@H](CSc2nnc([C@@H]3COc4ccccc4O3)o2)C1. The summed E-state index contributed by atoms with van der Waals surface area (Å²) in [5, 5.41) is 8.90. The van der Waals surface area contributed by atoms with E-state index in [-0.39, 0.29) is 6.10 Å². The van der Waals surface area contributed by atoms with Gasteiger partial charge in [0, 0.05) is 12.3 Å². The Morgan fingerprint density at radius 2 is 2.12 bits per heavy atom. The third-order valence-electron chi connectivity index (χ3n) is 4.37. The summed E-state index contributed by atoms with van der Waals surface area (Å²) in [5.41, 5.74) is 0. The van der Waals surface area contributed by atoms with Gasteiger partial charge in [-0.05, 0) is 44.5 Å². The van der Waals surface area contributed by atoms with Crippen LogP contribution < -0.4 is 9.47 Å². The summed E-state index contributed by atoms with van der Waals surface area (Å²) < 4.78 is 17.4. The third-order valence-corrected chi connectivity index (χ3v) is 5.42. The number of thioether (sulfide) groups is 1. The molecule has 2 atom stereocenters. The largest absolute Gasteiger partial charge is 0.485 e. The van der Waals surface area contributed by atoms with Gasteiger partial charge in [-0.15, -0.1) is 10.2 Å². The van der Waals surface area contributed by atoms with E-state index in [2.05, 4.69) is 22.1 Å². The van der Waals surface area contributed by atoms with Crippen LogP contribution >= 0.6 is 11.8 Å². The van der Waals surface area contributed by atoms with Crippen LogP contribution in [0.1, 0.15) is 24.8 Å². The van der Waals surface area contributed by atoms with Crippen molar-refractivity contribution in [1.82, 2.24) is 15.1 Å². The molecule has 0 unspecified atom stereocenters. The summed E-state index contributed by atoms with van der Waals surface area (Å²) in [4.78, 5) is 2.39. The summed E-state index contributed by atoms with van der Waals surface area (Å²) in [6.07, 6.45) is 2.19. The van der Waals surface area contributed by atoms with Gasteiger partial charge in [-0.2, -0.15) is 0 Å². The molecule has 0 N–H and O–H groups in total. The molecule has 3 heterocycles. The fraction of sp³-hybridized carbons (Fsp3) is 0.529. The molecule has 0 aliphatic carbocycles. The molecule has 1 aromatic heterocycles. The highest BCUT2D eigenvalue weighted by atomic mass is 32.2. The van der Waals surface area contributed by atoms with Gasteiger partial charge >= 0.3 is 0 Å². The second kappa shape index (κ2) is 7.03. The van der Waals surface area contributed by atoms with Gasteiger partial charge < -0.3 is 18.8 Å². The normalized spacial score (nSPS) is 24.0. The van der Waals surface area contributed by atoms with Crippen molar-refractivity contribution in [2.75, 3.05) is 32.5 Å². The highest BCUT2D eigenvalue weighted by molar-refractivity contribution is 7.99. The van der Waals surface area contributed by atoms with Crippen LogP contribution in [0.15, 0.2) is 33.9 Å². The highest BCUT2D eigenvalue weighted by Crippen LogP contribution is 2.36. The number of nitrogens with zero attached hydrogens (tertiary/aromatic N) is 3. The maximum Gasteiger partial charge on any atom is 0.276 e. The number of para-hydroxylation sites is 2. The summed E-state index contributed by atoms with van der Waals surface area (Å²) in [5.74, 6) is 3.64. The van der Waals surface area contributed by atoms with Gasteiger partial charge in [0.1, 0.15) is 6.61 Å². The average molecular weight is 347 g/mol. The molecule has 6 nitrogen and oxygen atoms in total. The van der Waals surface area contributed by atoms with Crippen LogP contribution in [0.5, 0.6) is 11.5 Å². The lowest BCUT2D eigenvalue weighted by molar-refractivity contribution is 0.0686. The van der Waals surface area contributed by atoms with E-state index in [1.807, 2.05) is 24.3 Å². The molecule has 4 rings (SSSR count). The van der Waals surface area contributed by atoms with Gasteiger partial charge in [0.2, 0.25) is 6.10 Å². The van der Waals surface area contributed by atoms with Crippen molar-refractivity contribution in [3.05, 3.63) is 30.2 Å². The summed E-state index contributed by atoms with van der Waals surface area (Å²) in [7, 11) is 2.18. The smallest absolute Gasteiger partial charge is 0.276 e. The van der Waals surface area contributed by atoms with Crippen molar-refractivity contribution in [3.8, 4) is 11.5 Å². The number of likely N-dealkylation sites (tertiary alicyclic amines) is 1. The Kier molecular flexibility index (Phi) is 4.62. The predicted octanol–water partition coefficient (Wildman–Crippen LogP) is 3.02. The first kappa shape index (κ1) is 15.8. The van der Waals surface area contributed by atoms with Gasteiger partial charge in [0.25, 0.3) is 11.1 Å². The molecule has 24 heavy (non-hydrogen) atoms.